The number of nitrogens with two attached hydrogens (primary N) is 1. The average molecular weight is 247 g/mol. The predicted molar refractivity (Wildman–Crippen MR) is 70.6 cm³/mol. The average Bonchev–Trinajstić information content (AvgIpc) is 2.60. The zero-order valence-electron chi connectivity index (χ0n) is 10.3. The lowest BCUT2D eigenvalue weighted by Crippen LogP contribution is -2.39. The van der Waals surface area contributed by atoms with Gasteiger partial charge in [-0.25, -0.2) is 4.79 Å². The van der Waals surface area contributed by atoms with E-state index in [0.29, 0.717) is 17.5 Å². The van der Waals surface area contributed by atoms with Crippen molar-refractivity contribution in [2.75, 3.05) is 11.9 Å². The number of rotatable bonds is 3. The normalized spacial score (nSPS) is 23.0. The van der Waals surface area contributed by atoms with Crippen molar-refractivity contribution in [1.29, 1.82) is 0 Å². The van der Waals surface area contributed by atoms with Gasteiger partial charge in [0, 0.05) is 25.3 Å². The van der Waals surface area contributed by atoms with Gasteiger partial charge in [-0.05, 0) is 37.0 Å². The summed E-state index contributed by atoms with van der Waals surface area (Å²) in [6, 6.07) is 6.09. The monoisotopic (exact) mass is 247 g/mol. The Bertz CT molecular complexity index is 623. The Morgan fingerprint density at radius 1 is 1.50 bits per heavy atom. The van der Waals surface area contributed by atoms with Crippen molar-refractivity contribution in [3.8, 4) is 0 Å². The molecular weight excluding hydrogens is 230 g/mol. The second-order valence-corrected chi connectivity index (χ2v) is 5.09. The molecule has 3 N–H and O–H groups in total. The topological polar surface area (TPSA) is 73.2 Å². The zero-order valence-corrected chi connectivity index (χ0v) is 10.3. The van der Waals surface area contributed by atoms with E-state index in [0.717, 1.165) is 30.6 Å². The molecule has 0 atom stereocenters. The van der Waals surface area contributed by atoms with Crippen LogP contribution in [0.3, 0.4) is 0 Å². The molecular formula is C13H17N3O2. The van der Waals surface area contributed by atoms with E-state index in [-0.39, 0.29) is 5.76 Å². The Labute approximate surface area is 105 Å². The van der Waals surface area contributed by atoms with Crippen LogP contribution in [0.5, 0.6) is 0 Å². The molecule has 1 fully saturated rings. The summed E-state index contributed by atoms with van der Waals surface area (Å²) in [4.78, 5) is 11.4. The number of hydrogen-bond donors (Lipinski definition) is 2. The van der Waals surface area contributed by atoms with Crippen molar-refractivity contribution in [3.63, 3.8) is 0 Å². The number of benzene rings is 1. The van der Waals surface area contributed by atoms with Crippen molar-refractivity contribution in [3.05, 3.63) is 28.7 Å². The molecule has 3 rings (SSSR count). The summed E-state index contributed by atoms with van der Waals surface area (Å²) in [7, 11) is 1.71. The number of nitrogens with zero attached hydrogens (tertiary/aromatic N) is 1. The van der Waals surface area contributed by atoms with Crippen LogP contribution in [0.25, 0.3) is 11.1 Å². The van der Waals surface area contributed by atoms with Gasteiger partial charge in [0.25, 0.3) is 0 Å². The second kappa shape index (κ2) is 4.17. The molecule has 1 aromatic carbocycles. The molecule has 0 radical (unpaired) electrons. The molecule has 1 aromatic heterocycles. The lowest BCUT2D eigenvalue weighted by atomic mass is 9.81. The van der Waals surface area contributed by atoms with Gasteiger partial charge in [-0.2, -0.15) is 0 Å². The van der Waals surface area contributed by atoms with E-state index in [1.165, 1.54) is 4.57 Å². The highest BCUT2D eigenvalue weighted by Crippen LogP contribution is 2.26. The third kappa shape index (κ3) is 1.90. The van der Waals surface area contributed by atoms with Crippen molar-refractivity contribution in [2.45, 2.75) is 18.9 Å². The van der Waals surface area contributed by atoms with Crippen LogP contribution in [0, 0.1) is 5.92 Å². The summed E-state index contributed by atoms with van der Waals surface area (Å²) < 4.78 is 6.60. The minimum atomic E-state index is -0.327. The van der Waals surface area contributed by atoms with Crippen LogP contribution < -0.4 is 16.8 Å². The summed E-state index contributed by atoms with van der Waals surface area (Å²) >= 11 is 0. The van der Waals surface area contributed by atoms with Crippen molar-refractivity contribution >= 4 is 16.8 Å². The first-order valence-corrected chi connectivity index (χ1v) is 6.22. The van der Waals surface area contributed by atoms with Gasteiger partial charge in [-0.15, -0.1) is 0 Å². The Hall–Kier alpha value is -1.75. The van der Waals surface area contributed by atoms with E-state index in [9.17, 15) is 4.79 Å². The molecule has 18 heavy (non-hydrogen) atoms. The number of hydrogen-bond acceptors (Lipinski definition) is 4. The van der Waals surface area contributed by atoms with Gasteiger partial charge in [-0.1, -0.05) is 0 Å². The predicted octanol–water partition coefficient (Wildman–Crippen LogP) is 1.28. The number of aromatic nitrogens is 1. The standard InChI is InChI=1S/C13H17N3O2/c1-16-11-6-10(2-3-12(11)18-13(16)17)15-7-8-4-9(14)5-8/h2-3,6,8-9,15H,4-5,7,14H2,1H3. The van der Waals surface area contributed by atoms with Gasteiger partial charge in [0.1, 0.15) is 0 Å². The van der Waals surface area contributed by atoms with Crippen LogP contribution in [0.15, 0.2) is 27.4 Å². The van der Waals surface area contributed by atoms with E-state index in [4.69, 9.17) is 10.2 Å². The summed E-state index contributed by atoms with van der Waals surface area (Å²) in [6.07, 6.45) is 2.19. The van der Waals surface area contributed by atoms with Gasteiger partial charge in [0.2, 0.25) is 0 Å². The fourth-order valence-electron chi connectivity index (χ4n) is 2.45. The fourth-order valence-corrected chi connectivity index (χ4v) is 2.45. The van der Waals surface area contributed by atoms with Gasteiger partial charge >= 0.3 is 5.76 Å². The minimum absolute atomic E-state index is 0.327. The lowest BCUT2D eigenvalue weighted by Gasteiger charge is -2.32. The Balaban J connectivity index is 1.76. The number of oxazole rings is 1. The quantitative estimate of drug-likeness (QED) is 0.857. The van der Waals surface area contributed by atoms with Crippen LogP contribution in [0.1, 0.15) is 12.8 Å². The zero-order chi connectivity index (χ0) is 12.7. The molecule has 0 aliphatic heterocycles. The molecule has 2 aromatic rings. The summed E-state index contributed by atoms with van der Waals surface area (Å²) in [6.45, 7) is 0.936. The van der Waals surface area contributed by atoms with Crippen LogP contribution >= 0.6 is 0 Å². The Morgan fingerprint density at radius 2 is 2.28 bits per heavy atom. The summed E-state index contributed by atoms with van der Waals surface area (Å²) in [5.41, 5.74) is 8.21. The number of fused-ring (bicyclic) bond motifs is 1. The molecule has 1 heterocycles. The molecule has 0 spiro atoms. The first kappa shape index (κ1) is 11.3. The van der Waals surface area contributed by atoms with Crippen molar-refractivity contribution in [1.82, 2.24) is 4.57 Å². The number of nitrogens with one attached hydrogen (secondary N) is 1. The smallest absolute Gasteiger partial charge is 0.408 e. The number of aryl methyl sites for hydroxylation is 1. The SMILES string of the molecule is Cn1c(=O)oc2ccc(NCC3CC(N)C3)cc21. The molecule has 0 bridgehead atoms. The minimum Gasteiger partial charge on any atom is -0.408 e. The van der Waals surface area contributed by atoms with Gasteiger partial charge in [0.05, 0.1) is 5.52 Å². The first-order chi connectivity index (χ1) is 8.63. The molecule has 1 aliphatic rings. The van der Waals surface area contributed by atoms with E-state index in [1.54, 1.807) is 7.05 Å². The van der Waals surface area contributed by atoms with E-state index >= 15 is 0 Å². The largest absolute Gasteiger partial charge is 0.419 e. The maximum Gasteiger partial charge on any atom is 0.419 e. The molecule has 0 unspecified atom stereocenters. The summed E-state index contributed by atoms with van der Waals surface area (Å²) in [5.74, 6) is 0.344. The lowest BCUT2D eigenvalue weighted by molar-refractivity contribution is 0.280. The first-order valence-electron chi connectivity index (χ1n) is 6.22. The maximum absolute atomic E-state index is 11.4. The van der Waals surface area contributed by atoms with Gasteiger partial charge in [-0.3, -0.25) is 4.57 Å². The molecule has 96 valence electrons. The van der Waals surface area contributed by atoms with E-state index < -0.39 is 0 Å². The molecule has 1 saturated carbocycles. The van der Waals surface area contributed by atoms with Crippen LogP contribution in [0.2, 0.25) is 0 Å². The third-order valence-corrected chi connectivity index (χ3v) is 3.66. The van der Waals surface area contributed by atoms with Crippen molar-refractivity contribution in [2.24, 2.45) is 18.7 Å². The third-order valence-electron chi connectivity index (χ3n) is 3.66. The molecule has 5 heteroatoms. The molecule has 0 amide bonds. The van der Waals surface area contributed by atoms with Crippen LogP contribution in [-0.2, 0) is 7.05 Å². The highest BCUT2D eigenvalue weighted by Gasteiger charge is 2.25. The van der Waals surface area contributed by atoms with Crippen LogP contribution in [-0.4, -0.2) is 17.2 Å². The Kier molecular flexibility index (Phi) is 2.63. The maximum atomic E-state index is 11.4. The second-order valence-electron chi connectivity index (χ2n) is 5.09. The number of anilines is 1. The molecule has 1 aliphatic carbocycles. The molecule has 5 nitrogen and oxygen atoms in total. The van der Waals surface area contributed by atoms with Gasteiger partial charge < -0.3 is 15.5 Å². The summed E-state index contributed by atoms with van der Waals surface area (Å²) in [5, 5.41) is 3.38. The van der Waals surface area contributed by atoms with Crippen molar-refractivity contribution < 1.29 is 4.42 Å². The van der Waals surface area contributed by atoms with E-state index in [2.05, 4.69) is 5.32 Å². The van der Waals surface area contributed by atoms with Crippen LogP contribution in [0.4, 0.5) is 5.69 Å². The highest BCUT2D eigenvalue weighted by atomic mass is 16.4. The fraction of sp³-hybridized carbons (Fsp3) is 0.462. The highest BCUT2D eigenvalue weighted by molar-refractivity contribution is 5.77. The van der Waals surface area contributed by atoms with Gasteiger partial charge in [0.15, 0.2) is 5.58 Å². The molecule has 0 saturated heterocycles. The van der Waals surface area contributed by atoms with E-state index in [1.807, 2.05) is 18.2 Å². The Morgan fingerprint density at radius 3 is 3.00 bits per heavy atom.